The van der Waals surface area contributed by atoms with Crippen molar-refractivity contribution in [2.45, 2.75) is 13.0 Å². The van der Waals surface area contributed by atoms with Crippen LogP contribution in [0.25, 0.3) is 11.3 Å². The van der Waals surface area contributed by atoms with E-state index < -0.39 is 0 Å². The molecule has 0 bridgehead atoms. The molecule has 0 saturated heterocycles. The summed E-state index contributed by atoms with van der Waals surface area (Å²) in [5, 5.41) is 0. The molecule has 0 amide bonds. The lowest BCUT2D eigenvalue weighted by atomic mass is 10.1. The molecule has 1 aromatic carbocycles. The summed E-state index contributed by atoms with van der Waals surface area (Å²) in [7, 11) is 1.69. The lowest BCUT2D eigenvalue weighted by Crippen LogP contribution is -2.15. The highest BCUT2D eigenvalue weighted by molar-refractivity contribution is 5.59. The molecule has 0 unspecified atom stereocenters. The Morgan fingerprint density at radius 2 is 1.89 bits per heavy atom. The van der Waals surface area contributed by atoms with Gasteiger partial charge in [-0.2, -0.15) is 0 Å². The maximum atomic E-state index is 11.7. The number of nitrogens with one attached hydrogen (secondary N) is 1. The second-order valence-electron chi connectivity index (χ2n) is 4.37. The van der Waals surface area contributed by atoms with Gasteiger partial charge in [0.05, 0.1) is 6.61 Å². The van der Waals surface area contributed by atoms with Gasteiger partial charge in [-0.3, -0.25) is 4.79 Å². The number of benzene rings is 1. The molecular formula is C15H18N2O2. The normalized spacial score (nSPS) is 10.6. The van der Waals surface area contributed by atoms with Crippen LogP contribution >= 0.6 is 0 Å². The highest BCUT2D eigenvalue weighted by Gasteiger charge is 2.02. The quantitative estimate of drug-likeness (QED) is 0.857. The molecule has 1 aromatic heterocycles. The number of rotatable bonds is 5. The van der Waals surface area contributed by atoms with Crippen molar-refractivity contribution in [1.29, 1.82) is 0 Å². The van der Waals surface area contributed by atoms with Crippen LogP contribution < -0.4 is 11.3 Å². The Hall–Kier alpha value is -1.91. The summed E-state index contributed by atoms with van der Waals surface area (Å²) in [5.74, 6) is 0. The molecule has 0 atom stereocenters. The summed E-state index contributed by atoms with van der Waals surface area (Å²) in [5.41, 5.74) is 8.96. The molecule has 0 radical (unpaired) electrons. The summed E-state index contributed by atoms with van der Waals surface area (Å²) in [6.45, 7) is 0.965. The van der Waals surface area contributed by atoms with Gasteiger partial charge in [-0.15, -0.1) is 0 Å². The van der Waals surface area contributed by atoms with Gasteiger partial charge in [-0.25, -0.2) is 0 Å². The predicted molar refractivity (Wildman–Crippen MR) is 76.0 cm³/mol. The van der Waals surface area contributed by atoms with Crippen molar-refractivity contribution < 1.29 is 4.74 Å². The molecule has 0 fully saturated rings. The van der Waals surface area contributed by atoms with Crippen LogP contribution in [-0.2, 0) is 17.7 Å². The van der Waals surface area contributed by atoms with Crippen molar-refractivity contribution >= 4 is 0 Å². The number of H-pyrrole nitrogens is 1. The first-order chi connectivity index (χ1) is 9.24. The Bertz CT molecular complexity index is 588. The number of aromatic nitrogens is 1. The number of hydrogen-bond donors (Lipinski definition) is 2. The van der Waals surface area contributed by atoms with Crippen molar-refractivity contribution in [3.8, 4) is 11.3 Å². The van der Waals surface area contributed by atoms with Crippen LogP contribution in [0.2, 0.25) is 0 Å². The summed E-state index contributed by atoms with van der Waals surface area (Å²) in [4.78, 5) is 14.5. The van der Waals surface area contributed by atoms with Crippen LogP contribution in [0.5, 0.6) is 0 Å². The van der Waals surface area contributed by atoms with Crippen molar-refractivity contribution in [2.75, 3.05) is 13.7 Å². The second-order valence-corrected chi connectivity index (χ2v) is 4.37. The molecule has 1 heterocycles. The number of hydrogen-bond acceptors (Lipinski definition) is 3. The average Bonchev–Trinajstić information content (AvgIpc) is 2.45. The monoisotopic (exact) mass is 258 g/mol. The highest BCUT2D eigenvalue weighted by atomic mass is 16.5. The molecule has 4 nitrogen and oxygen atoms in total. The molecule has 19 heavy (non-hydrogen) atoms. The van der Waals surface area contributed by atoms with E-state index in [1.54, 1.807) is 13.2 Å². The van der Waals surface area contributed by atoms with Gasteiger partial charge >= 0.3 is 0 Å². The zero-order valence-electron chi connectivity index (χ0n) is 11.0. The fourth-order valence-electron chi connectivity index (χ4n) is 1.90. The van der Waals surface area contributed by atoms with Crippen LogP contribution in [-0.4, -0.2) is 18.7 Å². The fourth-order valence-corrected chi connectivity index (χ4v) is 1.90. The van der Waals surface area contributed by atoms with E-state index in [9.17, 15) is 4.79 Å². The van der Waals surface area contributed by atoms with Gasteiger partial charge in [-0.1, -0.05) is 30.3 Å². The third-order valence-corrected chi connectivity index (χ3v) is 3.07. The van der Waals surface area contributed by atoms with Gasteiger partial charge in [0.15, 0.2) is 0 Å². The molecule has 100 valence electrons. The first kappa shape index (κ1) is 13.5. The maximum Gasteiger partial charge on any atom is 0.252 e. The van der Waals surface area contributed by atoms with Gasteiger partial charge in [0.1, 0.15) is 0 Å². The molecule has 0 saturated carbocycles. The second kappa shape index (κ2) is 6.31. The number of aromatic amines is 1. The van der Waals surface area contributed by atoms with E-state index in [1.807, 2.05) is 30.3 Å². The first-order valence-corrected chi connectivity index (χ1v) is 6.25. The average molecular weight is 258 g/mol. The van der Waals surface area contributed by atoms with Crippen molar-refractivity contribution in [2.24, 2.45) is 5.73 Å². The third kappa shape index (κ3) is 3.30. The largest absolute Gasteiger partial charge is 0.384 e. The van der Waals surface area contributed by atoms with Gasteiger partial charge in [0.2, 0.25) is 0 Å². The summed E-state index contributed by atoms with van der Waals surface area (Å²) in [6, 6.07) is 11.7. The van der Waals surface area contributed by atoms with E-state index in [1.165, 1.54) is 5.56 Å². The molecule has 0 spiro atoms. The minimum absolute atomic E-state index is 0.122. The lowest BCUT2D eigenvalue weighted by molar-refractivity contribution is 0.202. The van der Waals surface area contributed by atoms with E-state index in [4.69, 9.17) is 10.5 Å². The SMILES string of the molecule is COCCc1ccc(-c2ccc(CN)c(=O)[nH]2)cc1. The minimum atomic E-state index is -0.122. The first-order valence-electron chi connectivity index (χ1n) is 6.25. The molecule has 0 aliphatic heterocycles. The Morgan fingerprint density at radius 1 is 1.16 bits per heavy atom. The Kier molecular flexibility index (Phi) is 4.49. The summed E-state index contributed by atoms with van der Waals surface area (Å²) < 4.78 is 5.04. The van der Waals surface area contributed by atoms with Gasteiger partial charge in [-0.05, 0) is 23.6 Å². The lowest BCUT2D eigenvalue weighted by Gasteiger charge is -2.05. The zero-order chi connectivity index (χ0) is 13.7. The predicted octanol–water partition coefficient (Wildman–Crippen LogP) is 1.69. The molecular weight excluding hydrogens is 240 g/mol. The van der Waals surface area contributed by atoms with Crippen LogP contribution in [0, 0.1) is 0 Å². The smallest absolute Gasteiger partial charge is 0.252 e. The molecule has 0 aliphatic carbocycles. The number of methoxy groups -OCH3 is 1. The maximum absolute atomic E-state index is 11.7. The topological polar surface area (TPSA) is 68.1 Å². The van der Waals surface area contributed by atoms with Crippen LogP contribution in [0.4, 0.5) is 0 Å². The van der Waals surface area contributed by atoms with Crippen LogP contribution in [0.1, 0.15) is 11.1 Å². The van der Waals surface area contributed by atoms with Crippen LogP contribution in [0.15, 0.2) is 41.2 Å². The Balaban J connectivity index is 2.22. The molecule has 0 aliphatic rings. The molecule has 3 N–H and O–H groups in total. The Morgan fingerprint density at radius 3 is 2.47 bits per heavy atom. The van der Waals surface area contributed by atoms with Crippen LogP contribution in [0.3, 0.4) is 0 Å². The highest BCUT2D eigenvalue weighted by Crippen LogP contribution is 2.16. The van der Waals surface area contributed by atoms with Crippen molar-refractivity contribution in [3.63, 3.8) is 0 Å². The van der Waals surface area contributed by atoms with Crippen molar-refractivity contribution in [3.05, 3.63) is 57.9 Å². The van der Waals surface area contributed by atoms with Gasteiger partial charge < -0.3 is 15.5 Å². The fraction of sp³-hybridized carbons (Fsp3) is 0.267. The number of nitrogens with two attached hydrogens (primary N) is 1. The molecule has 4 heteroatoms. The van der Waals surface area contributed by atoms with E-state index in [-0.39, 0.29) is 12.1 Å². The zero-order valence-corrected chi connectivity index (χ0v) is 11.0. The van der Waals surface area contributed by atoms with Gasteiger partial charge in [0.25, 0.3) is 5.56 Å². The molecule has 2 aromatic rings. The van der Waals surface area contributed by atoms with E-state index in [0.717, 1.165) is 17.7 Å². The minimum Gasteiger partial charge on any atom is -0.384 e. The standard InChI is InChI=1S/C15H18N2O2/c1-19-9-8-11-2-4-12(5-3-11)14-7-6-13(10-16)15(18)17-14/h2-7H,8-10,16H2,1H3,(H,17,18). The summed E-state index contributed by atoms with van der Waals surface area (Å²) in [6.07, 6.45) is 0.888. The third-order valence-electron chi connectivity index (χ3n) is 3.07. The van der Waals surface area contributed by atoms with E-state index >= 15 is 0 Å². The number of pyridine rings is 1. The molecule has 2 rings (SSSR count). The van der Waals surface area contributed by atoms with Crippen molar-refractivity contribution in [1.82, 2.24) is 4.98 Å². The van der Waals surface area contributed by atoms with E-state index in [0.29, 0.717) is 12.2 Å². The number of ether oxygens (including phenoxy) is 1. The summed E-state index contributed by atoms with van der Waals surface area (Å²) >= 11 is 0. The van der Waals surface area contributed by atoms with E-state index in [2.05, 4.69) is 4.98 Å². The van der Waals surface area contributed by atoms with Gasteiger partial charge in [0, 0.05) is 24.9 Å². The Labute approximate surface area is 112 Å².